The van der Waals surface area contributed by atoms with E-state index in [4.69, 9.17) is 4.52 Å². The molecule has 100 valence electrons. The first-order valence-electron chi connectivity index (χ1n) is 6.97. The Morgan fingerprint density at radius 2 is 2.00 bits per heavy atom. The Labute approximate surface area is 116 Å². The molecule has 4 nitrogen and oxygen atoms in total. The normalized spacial score (nSPS) is 18.7. The van der Waals surface area contributed by atoms with Gasteiger partial charge < -0.3 is 9.84 Å². The molecular formula is C16H15N3O. The van der Waals surface area contributed by atoms with Crippen molar-refractivity contribution in [2.24, 2.45) is 0 Å². The molecule has 3 aromatic rings. The van der Waals surface area contributed by atoms with Gasteiger partial charge in [0.1, 0.15) is 0 Å². The van der Waals surface area contributed by atoms with Gasteiger partial charge in [0.2, 0.25) is 0 Å². The largest absolute Gasteiger partial charge is 0.334 e. The van der Waals surface area contributed by atoms with Gasteiger partial charge in [-0.1, -0.05) is 41.6 Å². The molecular weight excluding hydrogens is 250 g/mol. The maximum Gasteiger partial charge on any atom is 0.258 e. The quantitative estimate of drug-likeness (QED) is 0.772. The zero-order chi connectivity index (χ0) is 13.4. The lowest BCUT2D eigenvalue weighted by Crippen LogP contribution is -2.14. The van der Waals surface area contributed by atoms with Crippen molar-refractivity contribution in [2.45, 2.75) is 18.9 Å². The zero-order valence-corrected chi connectivity index (χ0v) is 11.0. The minimum atomic E-state index is 0.238. The molecule has 0 spiro atoms. The molecule has 0 radical (unpaired) electrons. The first-order chi connectivity index (χ1) is 9.92. The van der Waals surface area contributed by atoms with Crippen LogP contribution < -0.4 is 5.32 Å². The van der Waals surface area contributed by atoms with Crippen LogP contribution in [0.25, 0.3) is 22.2 Å². The molecule has 1 unspecified atom stereocenters. The minimum Gasteiger partial charge on any atom is -0.334 e. The molecule has 1 saturated heterocycles. The fourth-order valence-electron chi connectivity index (χ4n) is 2.80. The van der Waals surface area contributed by atoms with Gasteiger partial charge in [0, 0.05) is 5.56 Å². The third kappa shape index (κ3) is 1.89. The van der Waals surface area contributed by atoms with Crippen LogP contribution in [0.3, 0.4) is 0 Å². The maximum atomic E-state index is 5.47. The highest BCUT2D eigenvalue weighted by molar-refractivity contribution is 5.94. The van der Waals surface area contributed by atoms with Crippen LogP contribution in [0, 0.1) is 0 Å². The van der Waals surface area contributed by atoms with Gasteiger partial charge in [-0.3, -0.25) is 0 Å². The van der Waals surface area contributed by atoms with E-state index >= 15 is 0 Å². The van der Waals surface area contributed by atoms with Crippen molar-refractivity contribution in [3.8, 4) is 11.5 Å². The van der Waals surface area contributed by atoms with Crippen molar-refractivity contribution in [2.75, 3.05) is 6.54 Å². The summed E-state index contributed by atoms with van der Waals surface area (Å²) in [6.45, 7) is 1.03. The van der Waals surface area contributed by atoms with Gasteiger partial charge in [-0.15, -0.1) is 0 Å². The molecule has 1 aliphatic rings. The summed E-state index contributed by atoms with van der Waals surface area (Å²) in [6.07, 6.45) is 2.25. The average Bonchev–Trinajstić information content (AvgIpc) is 3.17. The second-order valence-electron chi connectivity index (χ2n) is 5.13. The number of aromatic nitrogens is 2. The summed E-state index contributed by atoms with van der Waals surface area (Å²) in [5.74, 6) is 1.37. The Balaban J connectivity index is 1.79. The number of fused-ring (bicyclic) bond motifs is 1. The van der Waals surface area contributed by atoms with E-state index in [0.29, 0.717) is 5.89 Å². The zero-order valence-electron chi connectivity index (χ0n) is 11.0. The Hall–Kier alpha value is -2.20. The minimum absolute atomic E-state index is 0.238. The monoisotopic (exact) mass is 265 g/mol. The van der Waals surface area contributed by atoms with Crippen molar-refractivity contribution < 1.29 is 4.52 Å². The van der Waals surface area contributed by atoms with Crippen molar-refractivity contribution in [1.82, 2.24) is 15.5 Å². The number of hydrogen-bond donors (Lipinski definition) is 1. The van der Waals surface area contributed by atoms with Crippen LogP contribution in [0.4, 0.5) is 0 Å². The van der Waals surface area contributed by atoms with E-state index in [2.05, 4.69) is 33.7 Å². The number of benzene rings is 2. The first kappa shape index (κ1) is 11.6. The van der Waals surface area contributed by atoms with Crippen LogP contribution in [0.15, 0.2) is 47.0 Å². The number of nitrogens with one attached hydrogen (secondary N) is 1. The third-order valence-corrected chi connectivity index (χ3v) is 3.83. The molecule has 0 saturated carbocycles. The van der Waals surface area contributed by atoms with Crippen molar-refractivity contribution >= 4 is 10.8 Å². The van der Waals surface area contributed by atoms with Gasteiger partial charge in [-0.2, -0.15) is 4.98 Å². The molecule has 4 heteroatoms. The van der Waals surface area contributed by atoms with Gasteiger partial charge in [-0.05, 0) is 36.2 Å². The molecule has 1 aliphatic heterocycles. The van der Waals surface area contributed by atoms with Crippen molar-refractivity contribution in [3.05, 3.63) is 48.3 Å². The maximum absolute atomic E-state index is 5.47. The first-order valence-corrected chi connectivity index (χ1v) is 6.97. The summed E-state index contributed by atoms with van der Waals surface area (Å²) in [4.78, 5) is 4.57. The van der Waals surface area contributed by atoms with E-state index in [9.17, 15) is 0 Å². The van der Waals surface area contributed by atoms with E-state index in [0.717, 1.165) is 29.7 Å². The lowest BCUT2D eigenvalue weighted by atomic mass is 10.0. The fraction of sp³-hybridized carbons (Fsp3) is 0.250. The molecule has 20 heavy (non-hydrogen) atoms. The van der Waals surface area contributed by atoms with Crippen LogP contribution >= 0.6 is 0 Å². The lowest BCUT2D eigenvalue weighted by Gasteiger charge is -2.03. The molecule has 0 bridgehead atoms. The molecule has 1 atom stereocenters. The smallest absolute Gasteiger partial charge is 0.258 e. The van der Waals surface area contributed by atoms with E-state index in [1.807, 2.05) is 24.3 Å². The van der Waals surface area contributed by atoms with E-state index in [1.54, 1.807) is 0 Å². The van der Waals surface area contributed by atoms with E-state index < -0.39 is 0 Å². The van der Waals surface area contributed by atoms with Crippen LogP contribution in [0.2, 0.25) is 0 Å². The summed E-state index contributed by atoms with van der Waals surface area (Å²) in [5, 5.41) is 9.85. The van der Waals surface area contributed by atoms with Gasteiger partial charge in [0.15, 0.2) is 5.82 Å². The predicted octanol–water partition coefficient (Wildman–Crippen LogP) is 3.31. The Morgan fingerprint density at radius 3 is 2.90 bits per heavy atom. The number of nitrogens with zero attached hydrogens (tertiary/aromatic N) is 2. The van der Waals surface area contributed by atoms with Gasteiger partial charge in [0.25, 0.3) is 5.89 Å². The third-order valence-electron chi connectivity index (χ3n) is 3.83. The molecule has 2 heterocycles. The van der Waals surface area contributed by atoms with Crippen molar-refractivity contribution in [1.29, 1.82) is 0 Å². The molecule has 1 fully saturated rings. The SMILES string of the molecule is c1ccc2c(-c3nc(C4CCCN4)no3)cccc2c1. The lowest BCUT2D eigenvalue weighted by molar-refractivity contribution is 0.412. The summed E-state index contributed by atoms with van der Waals surface area (Å²) >= 11 is 0. The molecule has 0 aliphatic carbocycles. The Bertz CT molecular complexity index is 739. The Morgan fingerprint density at radius 1 is 1.10 bits per heavy atom. The van der Waals surface area contributed by atoms with E-state index in [-0.39, 0.29) is 6.04 Å². The van der Waals surface area contributed by atoms with Gasteiger partial charge >= 0.3 is 0 Å². The Kier molecular flexibility index (Phi) is 2.74. The molecule has 4 rings (SSSR count). The second-order valence-corrected chi connectivity index (χ2v) is 5.13. The van der Waals surface area contributed by atoms with Gasteiger partial charge in [-0.25, -0.2) is 0 Å². The van der Waals surface area contributed by atoms with Crippen molar-refractivity contribution in [3.63, 3.8) is 0 Å². The highest BCUT2D eigenvalue weighted by Crippen LogP contribution is 2.29. The number of hydrogen-bond acceptors (Lipinski definition) is 4. The summed E-state index contributed by atoms with van der Waals surface area (Å²) in [5.41, 5.74) is 1.000. The summed E-state index contributed by atoms with van der Waals surface area (Å²) < 4.78 is 5.47. The molecule has 0 amide bonds. The van der Waals surface area contributed by atoms with E-state index in [1.165, 1.54) is 11.8 Å². The fourth-order valence-corrected chi connectivity index (χ4v) is 2.80. The van der Waals surface area contributed by atoms with Crippen LogP contribution in [0.5, 0.6) is 0 Å². The van der Waals surface area contributed by atoms with Crippen LogP contribution in [0.1, 0.15) is 24.7 Å². The summed E-state index contributed by atoms with van der Waals surface area (Å²) in [6, 6.07) is 14.6. The van der Waals surface area contributed by atoms with Crippen LogP contribution in [-0.2, 0) is 0 Å². The molecule has 1 aromatic heterocycles. The second kappa shape index (κ2) is 4.72. The van der Waals surface area contributed by atoms with Crippen LogP contribution in [-0.4, -0.2) is 16.7 Å². The van der Waals surface area contributed by atoms with Gasteiger partial charge in [0.05, 0.1) is 6.04 Å². The highest BCUT2D eigenvalue weighted by Gasteiger charge is 2.22. The average molecular weight is 265 g/mol. The highest BCUT2D eigenvalue weighted by atomic mass is 16.5. The number of rotatable bonds is 2. The topological polar surface area (TPSA) is 51.0 Å². The summed E-state index contributed by atoms with van der Waals surface area (Å²) in [7, 11) is 0. The standard InChI is InChI=1S/C16H15N3O/c1-2-7-12-11(5-1)6-3-8-13(12)16-18-15(19-20-16)14-9-4-10-17-14/h1-3,5-8,14,17H,4,9-10H2. The predicted molar refractivity (Wildman–Crippen MR) is 77.2 cm³/mol. The molecule has 2 aromatic carbocycles. The molecule has 1 N–H and O–H groups in total.